The van der Waals surface area contributed by atoms with Crippen LogP contribution in [0, 0.1) is 5.92 Å². The number of amides is 1. The van der Waals surface area contributed by atoms with Gasteiger partial charge in [-0.3, -0.25) is 4.79 Å². The normalized spacial score (nSPS) is 18.7. The average molecular weight is 423 g/mol. The van der Waals surface area contributed by atoms with Crippen molar-refractivity contribution in [3.8, 4) is 11.5 Å². The number of carbonyl (C=O) groups excluding carboxylic acids is 1. The number of hydrogen-bond donors (Lipinski definition) is 1. The van der Waals surface area contributed by atoms with Crippen LogP contribution in [0.3, 0.4) is 0 Å². The van der Waals surface area contributed by atoms with Crippen LogP contribution in [0.25, 0.3) is 0 Å². The molecule has 1 aromatic rings. The summed E-state index contributed by atoms with van der Waals surface area (Å²) in [5.74, 6) is 1.96. The van der Waals surface area contributed by atoms with E-state index < -0.39 is 0 Å². The number of ether oxygens (including phenoxy) is 2. The third-order valence-corrected chi connectivity index (χ3v) is 6.38. The van der Waals surface area contributed by atoms with Gasteiger partial charge in [-0.05, 0) is 49.8 Å². The Kier molecular flexibility index (Phi) is 8.49. The fourth-order valence-electron chi connectivity index (χ4n) is 4.39. The number of piperidine rings is 1. The van der Waals surface area contributed by atoms with Crippen LogP contribution in [-0.2, 0) is 11.3 Å². The van der Waals surface area contributed by atoms with Gasteiger partial charge in [-0.1, -0.05) is 37.8 Å². The predicted octanol–water partition coefficient (Wildman–Crippen LogP) is 4.80. The summed E-state index contributed by atoms with van der Waals surface area (Å²) in [5.41, 5.74) is 1.08. The lowest BCUT2D eigenvalue weighted by Gasteiger charge is -2.35. The van der Waals surface area contributed by atoms with Crippen LogP contribution >= 0.6 is 11.6 Å². The number of carbonyl (C=O) groups is 1. The van der Waals surface area contributed by atoms with Crippen molar-refractivity contribution < 1.29 is 14.3 Å². The van der Waals surface area contributed by atoms with Crippen molar-refractivity contribution in [2.75, 3.05) is 26.8 Å². The van der Waals surface area contributed by atoms with Gasteiger partial charge in [-0.25, -0.2) is 0 Å². The maximum atomic E-state index is 12.7. The first-order chi connectivity index (χ1) is 14.1. The summed E-state index contributed by atoms with van der Waals surface area (Å²) < 4.78 is 11.2. The second-order valence-electron chi connectivity index (χ2n) is 8.27. The van der Waals surface area contributed by atoms with Crippen LogP contribution in [0.5, 0.6) is 11.5 Å². The van der Waals surface area contributed by atoms with Gasteiger partial charge in [0.2, 0.25) is 5.91 Å². The first kappa shape index (κ1) is 22.2. The molecular weight excluding hydrogens is 388 g/mol. The first-order valence-corrected chi connectivity index (χ1v) is 11.5. The number of nitrogens with one attached hydrogen (secondary N) is 1. The molecular formula is C23H35ClN2O3. The first-order valence-electron chi connectivity index (χ1n) is 11.1. The fraction of sp³-hybridized carbons (Fsp3) is 0.696. The van der Waals surface area contributed by atoms with E-state index in [4.69, 9.17) is 21.1 Å². The zero-order valence-electron chi connectivity index (χ0n) is 17.8. The summed E-state index contributed by atoms with van der Waals surface area (Å²) in [4.78, 5) is 14.8. The summed E-state index contributed by atoms with van der Waals surface area (Å²) >= 11 is 6.42. The smallest absolute Gasteiger partial charge is 0.225 e. The highest BCUT2D eigenvalue weighted by Crippen LogP contribution is 2.36. The third-order valence-electron chi connectivity index (χ3n) is 6.10. The molecule has 2 aliphatic rings. The van der Waals surface area contributed by atoms with Gasteiger partial charge in [0, 0.05) is 31.6 Å². The van der Waals surface area contributed by atoms with Gasteiger partial charge in [0.1, 0.15) is 0 Å². The number of halogens is 1. The van der Waals surface area contributed by atoms with Crippen LogP contribution in [0.4, 0.5) is 0 Å². The van der Waals surface area contributed by atoms with Crippen LogP contribution in [0.15, 0.2) is 12.1 Å². The van der Waals surface area contributed by atoms with Gasteiger partial charge in [0.15, 0.2) is 11.5 Å². The minimum atomic E-state index is 0.274. The number of methoxy groups -OCH3 is 1. The summed E-state index contributed by atoms with van der Waals surface area (Å²) in [6.45, 7) is 5.13. The molecule has 1 aromatic carbocycles. The number of likely N-dealkylation sites (tertiary alicyclic amines) is 1. The van der Waals surface area contributed by atoms with E-state index in [9.17, 15) is 4.79 Å². The highest BCUT2D eigenvalue weighted by Gasteiger charge is 2.29. The molecule has 1 saturated heterocycles. The summed E-state index contributed by atoms with van der Waals surface area (Å²) in [6.07, 6.45) is 8.80. The second-order valence-corrected chi connectivity index (χ2v) is 8.68. The van der Waals surface area contributed by atoms with Gasteiger partial charge in [0.05, 0.1) is 18.7 Å². The highest BCUT2D eigenvalue weighted by atomic mass is 35.5. The quantitative estimate of drug-likeness (QED) is 0.653. The molecule has 6 heteroatoms. The van der Waals surface area contributed by atoms with Crippen molar-refractivity contribution in [3.05, 3.63) is 22.7 Å². The zero-order chi connectivity index (χ0) is 20.6. The van der Waals surface area contributed by atoms with E-state index in [-0.39, 0.29) is 5.92 Å². The summed E-state index contributed by atoms with van der Waals surface area (Å²) in [5, 5.41) is 4.21. The molecule has 0 radical (unpaired) electrons. The molecule has 0 aromatic heterocycles. The lowest BCUT2D eigenvalue weighted by molar-refractivity contribution is -0.137. The van der Waals surface area contributed by atoms with Crippen LogP contribution in [0.1, 0.15) is 63.9 Å². The summed E-state index contributed by atoms with van der Waals surface area (Å²) in [7, 11) is 1.64. The molecule has 162 valence electrons. The topological polar surface area (TPSA) is 50.8 Å². The minimum Gasteiger partial charge on any atom is -0.493 e. The third kappa shape index (κ3) is 6.02. The van der Waals surface area contributed by atoms with Crippen LogP contribution in [0.2, 0.25) is 5.02 Å². The average Bonchev–Trinajstić information content (AvgIpc) is 2.77. The molecule has 0 spiro atoms. The molecule has 0 bridgehead atoms. The molecule has 1 heterocycles. The van der Waals surface area contributed by atoms with E-state index in [2.05, 4.69) is 17.1 Å². The number of rotatable bonds is 8. The van der Waals surface area contributed by atoms with Crippen LogP contribution in [-0.4, -0.2) is 43.7 Å². The number of benzene rings is 1. The molecule has 1 saturated carbocycles. The van der Waals surface area contributed by atoms with Gasteiger partial charge < -0.3 is 19.7 Å². The zero-order valence-corrected chi connectivity index (χ0v) is 18.6. The monoisotopic (exact) mass is 422 g/mol. The molecule has 2 fully saturated rings. The van der Waals surface area contributed by atoms with Gasteiger partial charge in [-0.2, -0.15) is 0 Å². The Balaban J connectivity index is 1.48. The van der Waals surface area contributed by atoms with Crippen molar-refractivity contribution in [3.63, 3.8) is 0 Å². The molecule has 1 N–H and O–H groups in total. The van der Waals surface area contributed by atoms with Crippen molar-refractivity contribution in [1.29, 1.82) is 0 Å². The Morgan fingerprint density at radius 2 is 1.90 bits per heavy atom. The fourth-order valence-corrected chi connectivity index (χ4v) is 4.68. The Morgan fingerprint density at radius 1 is 1.17 bits per heavy atom. The molecule has 5 nitrogen and oxygen atoms in total. The van der Waals surface area contributed by atoms with Gasteiger partial charge in [-0.15, -0.1) is 0 Å². The standard InChI is InChI=1S/C23H35ClN2O3/c1-3-13-29-22-20(24)14-17(15-21(22)28-2)16-25-19-9-11-26(12-10-19)23(27)18-7-5-4-6-8-18/h14-15,18-19,25H,3-13,16H2,1-2H3. The maximum Gasteiger partial charge on any atom is 0.225 e. The SMILES string of the molecule is CCCOc1c(Cl)cc(CNC2CCN(C(=O)C3CCCCC3)CC2)cc1OC. The van der Waals surface area contributed by atoms with Crippen molar-refractivity contribution >= 4 is 17.5 Å². The van der Waals surface area contributed by atoms with E-state index in [1.807, 2.05) is 12.1 Å². The maximum absolute atomic E-state index is 12.7. The van der Waals surface area contributed by atoms with Crippen LogP contribution < -0.4 is 14.8 Å². The lowest BCUT2D eigenvalue weighted by atomic mass is 9.87. The Bertz CT molecular complexity index is 668. The Hall–Kier alpha value is -1.46. The molecule has 3 rings (SSSR count). The van der Waals surface area contributed by atoms with Gasteiger partial charge in [0.25, 0.3) is 0 Å². The van der Waals surface area contributed by atoms with Crippen molar-refractivity contribution in [2.24, 2.45) is 5.92 Å². The predicted molar refractivity (Wildman–Crippen MR) is 117 cm³/mol. The molecule has 0 unspecified atom stereocenters. The molecule has 1 aliphatic heterocycles. The second kappa shape index (κ2) is 11.1. The largest absolute Gasteiger partial charge is 0.493 e. The molecule has 0 atom stereocenters. The molecule has 29 heavy (non-hydrogen) atoms. The molecule has 1 aliphatic carbocycles. The Labute approximate surface area is 180 Å². The summed E-state index contributed by atoms with van der Waals surface area (Å²) in [6, 6.07) is 4.36. The van der Waals surface area contributed by atoms with Crippen molar-refractivity contribution in [1.82, 2.24) is 10.2 Å². The van der Waals surface area contributed by atoms with Crippen molar-refractivity contribution in [2.45, 2.75) is 70.9 Å². The highest BCUT2D eigenvalue weighted by molar-refractivity contribution is 6.32. The lowest BCUT2D eigenvalue weighted by Crippen LogP contribution is -2.46. The minimum absolute atomic E-state index is 0.274. The Morgan fingerprint density at radius 3 is 2.55 bits per heavy atom. The van der Waals surface area contributed by atoms with E-state index in [0.717, 1.165) is 57.3 Å². The van der Waals surface area contributed by atoms with E-state index >= 15 is 0 Å². The number of nitrogens with zero attached hydrogens (tertiary/aromatic N) is 1. The molecule has 1 amide bonds. The van der Waals surface area contributed by atoms with E-state index in [1.54, 1.807) is 7.11 Å². The van der Waals surface area contributed by atoms with E-state index in [0.29, 0.717) is 35.1 Å². The number of hydrogen-bond acceptors (Lipinski definition) is 4. The van der Waals surface area contributed by atoms with E-state index in [1.165, 1.54) is 19.3 Å². The van der Waals surface area contributed by atoms with Gasteiger partial charge >= 0.3 is 0 Å².